The number of nitrogens with zero attached hydrogens (tertiary/aromatic N) is 1. The van der Waals surface area contributed by atoms with Crippen molar-refractivity contribution in [3.05, 3.63) is 40.7 Å². The molecule has 1 aromatic rings. The molecule has 4 unspecified atom stereocenters. The van der Waals surface area contributed by atoms with Gasteiger partial charge in [0.25, 0.3) is 0 Å². The maximum atomic E-state index is 12.9. The molecule has 2 aliphatic rings. The topological polar surface area (TPSA) is 69.5 Å². The maximum Gasteiger partial charge on any atom is 2.00 e. The molecule has 0 spiro atoms. The number of nitrogens with one attached hydrogen (secondary N) is 1. The van der Waals surface area contributed by atoms with Crippen molar-refractivity contribution in [3.63, 3.8) is 0 Å². The van der Waals surface area contributed by atoms with Crippen LogP contribution in [0.25, 0.3) is 5.32 Å². The average Bonchev–Trinajstić information content (AvgIpc) is 2.89. The van der Waals surface area contributed by atoms with Crippen molar-refractivity contribution in [2.45, 2.75) is 65.1 Å². The molecule has 2 amide bonds. The minimum atomic E-state index is -1.03. The van der Waals surface area contributed by atoms with E-state index in [4.69, 9.17) is 10.1 Å². The fourth-order valence-electron chi connectivity index (χ4n) is 4.62. The number of benzene rings is 1. The number of fused-ring (bicyclic) bond motifs is 2. The van der Waals surface area contributed by atoms with E-state index < -0.39 is 17.2 Å². The first-order chi connectivity index (χ1) is 12.1. The molecule has 1 N–H and O–H groups in total. The molecule has 144 valence electrons. The number of carbonyl (C=O) groups excluding carboxylic acids is 2. The Labute approximate surface area is 185 Å². The van der Waals surface area contributed by atoms with Gasteiger partial charge in [-0.1, -0.05) is 34.1 Å². The van der Waals surface area contributed by atoms with E-state index in [-0.39, 0.29) is 48.3 Å². The number of ether oxygens (including phenoxy) is 1. The van der Waals surface area contributed by atoms with Crippen molar-refractivity contribution in [1.29, 1.82) is 0 Å². The smallest absolute Gasteiger partial charge is 0.621 e. The van der Waals surface area contributed by atoms with Gasteiger partial charge in [-0.2, -0.15) is 35.4 Å². The molecular weight excluding hydrogens is 566 g/mol. The number of hydrogen-bond acceptors (Lipinski definition) is 3. The quantitative estimate of drug-likeness (QED) is 0.426. The summed E-state index contributed by atoms with van der Waals surface area (Å²) < 4.78 is 5.56. The maximum absolute atomic E-state index is 12.9. The summed E-state index contributed by atoms with van der Waals surface area (Å²) in [6, 6.07) is 8.94. The van der Waals surface area contributed by atoms with Crippen LogP contribution in [0.3, 0.4) is 0 Å². The summed E-state index contributed by atoms with van der Waals surface area (Å²) in [6.45, 7) is 7.92. The van der Waals surface area contributed by atoms with Gasteiger partial charge in [-0.25, -0.2) is 0 Å². The van der Waals surface area contributed by atoms with Crippen LogP contribution in [0.4, 0.5) is 0 Å². The normalized spacial score (nSPS) is 34.3. The van der Waals surface area contributed by atoms with Gasteiger partial charge >= 0.3 is 31.1 Å². The zero-order chi connectivity index (χ0) is 19.2. The molecule has 1 aliphatic carbocycles. The zero-order valence-electron chi connectivity index (χ0n) is 16.8. The third-order valence-electron chi connectivity index (χ3n) is 6.02. The van der Waals surface area contributed by atoms with Crippen molar-refractivity contribution < 1.29 is 45.4 Å². The number of methoxy groups -OCH3 is 1. The predicted molar refractivity (Wildman–Crippen MR) is 99.4 cm³/mol. The molecule has 6 heteroatoms. The first-order valence-corrected chi connectivity index (χ1v) is 9.18. The number of imide groups is 1. The Hall–Kier alpha value is -0.668. The van der Waals surface area contributed by atoms with Gasteiger partial charge < -0.3 is 10.1 Å². The third-order valence-corrected chi connectivity index (χ3v) is 6.02. The van der Waals surface area contributed by atoms with Crippen LogP contribution in [0.15, 0.2) is 18.2 Å². The monoisotopic (exact) mass is 594 g/mol. The largest absolute Gasteiger partial charge is 2.00 e. The molecule has 2 fully saturated rings. The van der Waals surface area contributed by atoms with Crippen molar-refractivity contribution >= 4 is 11.8 Å². The van der Waals surface area contributed by atoms with E-state index in [0.29, 0.717) is 6.42 Å². The fourth-order valence-corrected chi connectivity index (χ4v) is 4.62. The van der Waals surface area contributed by atoms with E-state index in [1.807, 2.05) is 39.0 Å². The van der Waals surface area contributed by atoms with E-state index in [9.17, 15) is 9.59 Å². The Morgan fingerprint density at radius 1 is 1.15 bits per heavy atom. The number of amides is 2. The fraction of sp³-hybridized carbons (Fsp3) is 0.619. The van der Waals surface area contributed by atoms with Gasteiger partial charge in [0.2, 0.25) is 11.8 Å². The Morgan fingerprint density at radius 3 is 2.44 bits per heavy atom. The van der Waals surface area contributed by atoms with E-state index in [2.05, 4.69) is 18.3 Å². The SMILES string of the molecule is COC([N-]C1(C)CC2(C)CCC(C)(C2)C(=O)NC1=O)c1[c-]cc(C)cc1.[U+2]. The molecule has 27 heavy (non-hydrogen) atoms. The summed E-state index contributed by atoms with van der Waals surface area (Å²) in [4.78, 5) is 25.6. The number of hydrogen-bond donors (Lipinski definition) is 1. The molecule has 5 nitrogen and oxygen atoms in total. The van der Waals surface area contributed by atoms with Crippen LogP contribution in [0.5, 0.6) is 0 Å². The molecular formula is C21H28N2O3U. The van der Waals surface area contributed by atoms with Crippen LogP contribution in [0.1, 0.15) is 63.8 Å². The summed E-state index contributed by atoms with van der Waals surface area (Å²) in [7, 11) is 1.57. The Balaban J connectivity index is 0.00000261. The minimum Gasteiger partial charge on any atom is -0.621 e. The van der Waals surface area contributed by atoms with Crippen LogP contribution in [0, 0.1) is 54.9 Å². The second-order valence-corrected chi connectivity index (χ2v) is 8.82. The van der Waals surface area contributed by atoms with Crippen molar-refractivity contribution in [1.82, 2.24) is 5.32 Å². The van der Waals surface area contributed by atoms with Gasteiger partial charge in [0.15, 0.2) is 0 Å². The summed E-state index contributed by atoms with van der Waals surface area (Å²) in [5.41, 5.74) is 0.297. The van der Waals surface area contributed by atoms with Crippen molar-refractivity contribution in [3.8, 4) is 0 Å². The third kappa shape index (κ3) is 4.50. The molecule has 1 aromatic carbocycles. The number of carbonyl (C=O) groups is 2. The van der Waals surface area contributed by atoms with E-state index >= 15 is 0 Å². The van der Waals surface area contributed by atoms with Gasteiger partial charge in [-0.15, -0.1) is 0 Å². The van der Waals surface area contributed by atoms with Crippen molar-refractivity contribution in [2.24, 2.45) is 10.8 Å². The molecule has 1 aliphatic heterocycles. The Kier molecular flexibility index (Phi) is 6.69. The molecule has 1 heterocycles. The molecule has 1 saturated carbocycles. The Morgan fingerprint density at radius 2 is 1.85 bits per heavy atom. The Bertz CT molecular complexity index is 723. The van der Waals surface area contributed by atoms with Gasteiger partial charge in [-0.3, -0.25) is 14.9 Å². The number of rotatable bonds is 4. The first kappa shape index (κ1) is 22.6. The predicted octanol–water partition coefficient (Wildman–Crippen LogP) is 3.82. The van der Waals surface area contributed by atoms with Gasteiger partial charge in [0.05, 0.1) is 0 Å². The molecule has 2 bridgehead atoms. The number of aryl methyl sites for hydroxylation is 1. The van der Waals surface area contributed by atoms with Crippen LogP contribution in [-0.2, 0) is 14.3 Å². The zero-order valence-corrected chi connectivity index (χ0v) is 21.0. The van der Waals surface area contributed by atoms with Gasteiger partial charge in [0.1, 0.15) is 0 Å². The van der Waals surface area contributed by atoms with Crippen LogP contribution in [-0.4, -0.2) is 24.5 Å². The molecule has 0 aromatic heterocycles. The van der Waals surface area contributed by atoms with Crippen molar-refractivity contribution in [2.75, 3.05) is 7.11 Å². The van der Waals surface area contributed by atoms with Crippen LogP contribution < -0.4 is 5.32 Å². The van der Waals surface area contributed by atoms with Gasteiger partial charge in [-0.05, 0) is 36.4 Å². The summed E-state index contributed by atoms with van der Waals surface area (Å²) >= 11 is 0. The molecule has 4 atom stereocenters. The van der Waals surface area contributed by atoms with Gasteiger partial charge in [0, 0.05) is 12.5 Å². The second kappa shape index (κ2) is 7.99. The van der Waals surface area contributed by atoms with E-state index in [1.54, 1.807) is 7.11 Å². The summed E-state index contributed by atoms with van der Waals surface area (Å²) in [5.74, 6) is -0.515. The van der Waals surface area contributed by atoms with Crippen LogP contribution >= 0.6 is 0 Å². The standard InChI is InChI=1S/C21H28N2O3.U/c1-14-6-8-15(9-7-14)16(26-5)23-21(4)13-19(2)10-11-20(3,12-19)17(24)22-18(21)25;/h6-8,16H,10-13H2,1-5H3,(H,22,24,25);/q-2;+2. The summed E-state index contributed by atoms with van der Waals surface area (Å²) in [5, 5.41) is 7.38. The molecule has 0 radical (unpaired) electrons. The minimum absolute atomic E-state index is 0. The van der Waals surface area contributed by atoms with Crippen LogP contribution in [0.2, 0.25) is 0 Å². The molecule has 1 saturated heterocycles. The summed E-state index contributed by atoms with van der Waals surface area (Å²) in [6.07, 6.45) is 2.50. The van der Waals surface area contributed by atoms with E-state index in [0.717, 1.165) is 30.4 Å². The average molecular weight is 594 g/mol. The second-order valence-electron chi connectivity index (χ2n) is 8.82. The first-order valence-electron chi connectivity index (χ1n) is 9.18. The van der Waals surface area contributed by atoms with E-state index in [1.165, 1.54) is 0 Å². The molecule has 3 rings (SSSR count).